The standard InChI is InChI=1S/C25H20N4O/c1-16-14-24(25(29-17(16)2)22-6-3-4-11-27-22)30-23-10-13-28-21-9-8-18(15-19(21)23)20-7-5-12-26-20/h3-15,26H,1-2H3. The molecule has 5 heteroatoms. The van der Waals surface area contributed by atoms with Crippen molar-refractivity contribution < 1.29 is 4.74 Å². The summed E-state index contributed by atoms with van der Waals surface area (Å²) in [6.45, 7) is 4.03. The van der Waals surface area contributed by atoms with Gasteiger partial charge in [0.05, 0.1) is 11.2 Å². The van der Waals surface area contributed by atoms with Crippen LogP contribution in [-0.2, 0) is 0 Å². The van der Waals surface area contributed by atoms with Gasteiger partial charge in [-0.25, -0.2) is 4.98 Å². The summed E-state index contributed by atoms with van der Waals surface area (Å²) in [5.41, 5.74) is 6.53. The Kier molecular flexibility index (Phi) is 4.48. The number of aromatic nitrogens is 4. The van der Waals surface area contributed by atoms with Gasteiger partial charge in [-0.1, -0.05) is 12.1 Å². The monoisotopic (exact) mass is 392 g/mol. The lowest BCUT2D eigenvalue weighted by molar-refractivity contribution is 0.486. The van der Waals surface area contributed by atoms with Gasteiger partial charge in [0, 0.05) is 35.4 Å². The van der Waals surface area contributed by atoms with Gasteiger partial charge in [0.1, 0.15) is 11.4 Å². The molecule has 0 unspecified atom stereocenters. The first-order valence-corrected chi connectivity index (χ1v) is 9.79. The molecule has 0 fully saturated rings. The fraction of sp³-hybridized carbons (Fsp3) is 0.0800. The number of ether oxygens (including phenoxy) is 1. The molecule has 0 aliphatic heterocycles. The highest BCUT2D eigenvalue weighted by molar-refractivity contribution is 5.89. The second-order valence-electron chi connectivity index (χ2n) is 7.18. The molecule has 0 aliphatic rings. The number of aryl methyl sites for hydroxylation is 2. The Bertz CT molecular complexity index is 1330. The second kappa shape index (κ2) is 7.44. The highest BCUT2D eigenvalue weighted by Gasteiger charge is 2.15. The molecule has 0 spiro atoms. The molecule has 0 saturated heterocycles. The van der Waals surface area contributed by atoms with Crippen LogP contribution in [0.4, 0.5) is 0 Å². The van der Waals surface area contributed by atoms with Crippen LogP contribution in [0.2, 0.25) is 0 Å². The molecule has 146 valence electrons. The maximum atomic E-state index is 6.43. The largest absolute Gasteiger partial charge is 0.454 e. The number of benzene rings is 1. The van der Waals surface area contributed by atoms with Gasteiger partial charge in [-0.15, -0.1) is 0 Å². The van der Waals surface area contributed by atoms with Crippen molar-refractivity contribution >= 4 is 10.9 Å². The van der Waals surface area contributed by atoms with Crippen LogP contribution in [-0.4, -0.2) is 19.9 Å². The molecular formula is C25H20N4O. The molecule has 0 radical (unpaired) electrons. The van der Waals surface area contributed by atoms with Gasteiger partial charge >= 0.3 is 0 Å². The quantitative estimate of drug-likeness (QED) is 0.402. The van der Waals surface area contributed by atoms with E-state index >= 15 is 0 Å². The predicted molar refractivity (Wildman–Crippen MR) is 119 cm³/mol. The molecule has 0 amide bonds. The van der Waals surface area contributed by atoms with Crippen molar-refractivity contribution in [2.75, 3.05) is 0 Å². The zero-order valence-electron chi connectivity index (χ0n) is 16.8. The summed E-state index contributed by atoms with van der Waals surface area (Å²) >= 11 is 0. The summed E-state index contributed by atoms with van der Waals surface area (Å²) in [6, 6.07) is 19.9. The Morgan fingerprint density at radius 1 is 0.833 bits per heavy atom. The van der Waals surface area contributed by atoms with Gasteiger partial charge in [0.15, 0.2) is 5.75 Å². The smallest absolute Gasteiger partial charge is 0.155 e. The van der Waals surface area contributed by atoms with Crippen molar-refractivity contribution in [1.29, 1.82) is 0 Å². The summed E-state index contributed by atoms with van der Waals surface area (Å²) in [7, 11) is 0. The number of pyridine rings is 3. The van der Waals surface area contributed by atoms with Crippen LogP contribution in [0.5, 0.6) is 11.5 Å². The Labute approximate surface area is 174 Å². The Morgan fingerprint density at radius 3 is 2.57 bits per heavy atom. The first-order valence-electron chi connectivity index (χ1n) is 9.79. The Balaban J connectivity index is 1.64. The zero-order chi connectivity index (χ0) is 20.5. The minimum absolute atomic E-state index is 0.676. The van der Waals surface area contributed by atoms with Gasteiger partial charge in [-0.2, -0.15) is 0 Å². The van der Waals surface area contributed by atoms with Crippen LogP contribution >= 0.6 is 0 Å². The normalized spacial score (nSPS) is 11.0. The molecule has 4 heterocycles. The molecule has 1 N–H and O–H groups in total. The van der Waals surface area contributed by atoms with Crippen LogP contribution in [0.1, 0.15) is 11.3 Å². The van der Waals surface area contributed by atoms with Gasteiger partial charge in [-0.05, 0) is 73.5 Å². The lowest BCUT2D eigenvalue weighted by Crippen LogP contribution is -1.98. The molecule has 5 aromatic rings. The van der Waals surface area contributed by atoms with Crippen molar-refractivity contribution in [2.24, 2.45) is 0 Å². The fourth-order valence-electron chi connectivity index (χ4n) is 3.45. The Hall–Kier alpha value is -3.99. The van der Waals surface area contributed by atoms with E-state index in [1.165, 1.54) is 0 Å². The summed E-state index contributed by atoms with van der Waals surface area (Å²) in [5.74, 6) is 1.41. The molecule has 1 aromatic carbocycles. The van der Waals surface area contributed by atoms with E-state index in [2.05, 4.69) is 27.1 Å². The number of rotatable bonds is 4. The first-order chi connectivity index (χ1) is 14.7. The first kappa shape index (κ1) is 18.1. The number of hydrogen-bond acceptors (Lipinski definition) is 4. The lowest BCUT2D eigenvalue weighted by Gasteiger charge is -2.14. The zero-order valence-corrected chi connectivity index (χ0v) is 16.8. The summed E-state index contributed by atoms with van der Waals surface area (Å²) in [6.07, 6.45) is 5.45. The molecule has 5 rings (SSSR count). The average molecular weight is 392 g/mol. The minimum Gasteiger partial charge on any atom is -0.454 e. The number of H-pyrrole nitrogens is 1. The topological polar surface area (TPSA) is 63.7 Å². The molecule has 0 atom stereocenters. The molecule has 0 saturated carbocycles. The number of nitrogens with one attached hydrogen (secondary N) is 1. The average Bonchev–Trinajstić information content (AvgIpc) is 3.32. The maximum absolute atomic E-state index is 6.43. The van der Waals surface area contributed by atoms with Crippen LogP contribution < -0.4 is 4.74 Å². The number of hydrogen-bond donors (Lipinski definition) is 1. The van der Waals surface area contributed by atoms with Crippen molar-refractivity contribution in [2.45, 2.75) is 13.8 Å². The minimum atomic E-state index is 0.676. The molecule has 4 aromatic heterocycles. The SMILES string of the molecule is Cc1cc(Oc2ccnc3ccc(-c4ccc[nH]4)cc23)c(-c2ccccn2)nc1C. The van der Waals surface area contributed by atoms with Gasteiger partial charge in [0.2, 0.25) is 0 Å². The third-order valence-corrected chi connectivity index (χ3v) is 5.17. The highest BCUT2D eigenvalue weighted by Crippen LogP contribution is 2.36. The van der Waals surface area contributed by atoms with E-state index in [0.717, 1.165) is 50.6 Å². The molecule has 0 aliphatic carbocycles. The van der Waals surface area contributed by atoms with Crippen molar-refractivity contribution in [3.8, 4) is 34.1 Å². The van der Waals surface area contributed by atoms with Crippen LogP contribution in [0, 0.1) is 13.8 Å². The van der Waals surface area contributed by atoms with Crippen LogP contribution in [0.25, 0.3) is 33.5 Å². The van der Waals surface area contributed by atoms with E-state index in [4.69, 9.17) is 9.72 Å². The Morgan fingerprint density at radius 2 is 1.77 bits per heavy atom. The van der Waals surface area contributed by atoms with Crippen molar-refractivity contribution in [3.05, 3.63) is 90.5 Å². The van der Waals surface area contributed by atoms with E-state index in [1.54, 1.807) is 12.4 Å². The van der Waals surface area contributed by atoms with Crippen LogP contribution in [0.3, 0.4) is 0 Å². The summed E-state index contributed by atoms with van der Waals surface area (Å²) in [5, 5.41) is 0.940. The van der Waals surface area contributed by atoms with Gasteiger partial charge in [-0.3, -0.25) is 9.97 Å². The van der Waals surface area contributed by atoms with Gasteiger partial charge in [0.25, 0.3) is 0 Å². The molecular weight excluding hydrogens is 372 g/mol. The van der Waals surface area contributed by atoms with Gasteiger partial charge < -0.3 is 9.72 Å². The summed E-state index contributed by atoms with van der Waals surface area (Å²) < 4.78 is 6.43. The third-order valence-electron chi connectivity index (χ3n) is 5.17. The second-order valence-corrected chi connectivity index (χ2v) is 7.18. The van der Waals surface area contributed by atoms with E-state index in [9.17, 15) is 0 Å². The van der Waals surface area contributed by atoms with Crippen molar-refractivity contribution in [1.82, 2.24) is 19.9 Å². The molecule has 5 nitrogen and oxygen atoms in total. The van der Waals surface area contributed by atoms with Crippen LogP contribution in [0.15, 0.2) is 79.3 Å². The predicted octanol–water partition coefficient (Wildman–Crippen LogP) is 6.10. The number of fused-ring (bicyclic) bond motifs is 1. The number of nitrogens with zero attached hydrogens (tertiary/aromatic N) is 3. The van der Waals surface area contributed by atoms with E-state index in [0.29, 0.717) is 5.75 Å². The third kappa shape index (κ3) is 3.31. The molecule has 30 heavy (non-hydrogen) atoms. The highest BCUT2D eigenvalue weighted by atomic mass is 16.5. The summed E-state index contributed by atoms with van der Waals surface area (Å²) in [4.78, 5) is 17.0. The van der Waals surface area contributed by atoms with E-state index < -0.39 is 0 Å². The number of aromatic amines is 1. The maximum Gasteiger partial charge on any atom is 0.155 e. The fourth-order valence-corrected chi connectivity index (χ4v) is 3.45. The molecule has 0 bridgehead atoms. The lowest BCUT2D eigenvalue weighted by atomic mass is 10.1. The van der Waals surface area contributed by atoms with Crippen molar-refractivity contribution in [3.63, 3.8) is 0 Å². The van der Waals surface area contributed by atoms with E-state index in [1.807, 2.05) is 68.6 Å². The van der Waals surface area contributed by atoms with E-state index in [-0.39, 0.29) is 0 Å².